The van der Waals surface area contributed by atoms with Crippen molar-refractivity contribution >= 4 is 11.6 Å². The Labute approximate surface area is 109 Å². The van der Waals surface area contributed by atoms with Crippen molar-refractivity contribution < 1.29 is 0 Å². The van der Waals surface area contributed by atoms with Crippen LogP contribution in [-0.4, -0.2) is 22.2 Å². The van der Waals surface area contributed by atoms with Gasteiger partial charge in [0.2, 0.25) is 0 Å². The zero-order valence-electron chi connectivity index (χ0n) is 10.8. The Hall–Kier alpha value is -0.540. The van der Waals surface area contributed by atoms with Crippen molar-refractivity contribution in [1.29, 1.82) is 0 Å². The lowest BCUT2D eigenvalue weighted by Crippen LogP contribution is -2.25. The minimum atomic E-state index is 0.395. The third-order valence-corrected chi connectivity index (χ3v) is 4.19. The molecule has 1 aromatic rings. The summed E-state index contributed by atoms with van der Waals surface area (Å²) in [6.07, 6.45) is 3.55. The van der Waals surface area contributed by atoms with Crippen molar-refractivity contribution in [1.82, 2.24) is 15.1 Å². The van der Waals surface area contributed by atoms with E-state index in [9.17, 15) is 0 Å². The molecule has 1 aliphatic carbocycles. The average molecular weight is 256 g/mol. The van der Waals surface area contributed by atoms with E-state index in [0.717, 1.165) is 31.9 Å². The number of halogens is 1. The number of hydrogen-bond donors (Lipinski definition) is 1. The molecule has 0 saturated heterocycles. The second-order valence-electron chi connectivity index (χ2n) is 5.03. The summed E-state index contributed by atoms with van der Waals surface area (Å²) in [5.41, 5.74) is 2.86. The highest BCUT2D eigenvalue weighted by molar-refractivity contribution is 6.18. The maximum Gasteiger partial charge on any atom is 0.0625 e. The van der Waals surface area contributed by atoms with Crippen LogP contribution < -0.4 is 5.32 Å². The first-order chi connectivity index (χ1) is 8.23. The fourth-order valence-electron chi connectivity index (χ4n) is 2.09. The SMILES string of the molecule is CCc1cc(CNCC2(CCl)CC2)n(CC)n1. The van der Waals surface area contributed by atoms with Crippen LogP contribution in [-0.2, 0) is 19.5 Å². The number of aromatic nitrogens is 2. The number of aryl methyl sites for hydroxylation is 2. The van der Waals surface area contributed by atoms with Gasteiger partial charge in [-0.25, -0.2) is 0 Å². The summed E-state index contributed by atoms with van der Waals surface area (Å²) >= 11 is 5.97. The van der Waals surface area contributed by atoms with E-state index in [0.29, 0.717) is 5.41 Å². The molecular weight excluding hydrogens is 234 g/mol. The van der Waals surface area contributed by atoms with Crippen molar-refractivity contribution in [2.45, 2.75) is 46.2 Å². The van der Waals surface area contributed by atoms with E-state index in [1.165, 1.54) is 24.2 Å². The summed E-state index contributed by atoms with van der Waals surface area (Å²) in [6, 6.07) is 2.21. The van der Waals surface area contributed by atoms with E-state index in [-0.39, 0.29) is 0 Å². The fourth-order valence-corrected chi connectivity index (χ4v) is 2.46. The maximum atomic E-state index is 5.97. The van der Waals surface area contributed by atoms with Gasteiger partial charge in [0.25, 0.3) is 0 Å². The summed E-state index contributed by atoms with van der Waals surface area (Å²) in [6.45, 7) is 7.16. The second-order valence-corrected chi connectivity index (χ2v) is 5.30. The van der Waals surface area contributed by atoms with Gasteiger partial charge < -0.3 is 5.32 Å². The Kier molecular flexibility index (Phi) is 4.10. The minimum absolute atomic E-state index is 0.395. The molecule has 0 spiro atoms. The standard InChI is InChI=1S/C13H22ClN3/c1-3-11-7-12(17(4-2)16-11)8-15-10-13(9-14)5-6-13/h7,15H,3-6,8-10H2,1-2H3. The highest BCUT2D eigenvalue weighted by Gasteiger charge is 2.41. The van der Waals surface area contributed by atoms with E-state index in [2.05, 4.69) is 35.0 Å². The van der Waals surface area contributed by atoms with Gasteiger partial charge in [0, 0.05) is 25.5 Å². The first kappa shape index (κ1) is 12.9. The van der Waals surface area contributed by atoms with Crippen molar-refractivity contribution in [2.24, 2.45) is 5.41 Å². The van der Waals surface area contributed by atoms with Crippen LogP contribution in [0.5, 0.6) is 0 Å². The molecule has 1 N–H and O–H groups in total. The van der Waals surface area contributed by atoms with Crippen LogP contribution in [0.3, 0.4) is 0 Å². The van der Waals surface area contributed by atoms with Crippen LogP contribution in [0.25, 0.3) is 0 Å². The van der Waals surface area contributed by atoms with E-state index in [1.807, 2.05) is 0 Å². The normalized spacial score (nSPS) is 17.4. The largest absolute Gasteiger partial charge is 0.311 e. The molecule has 1 heterocycles. The zero-order valence-corrected chi connectivity index (χ0v) is 11.6. The van der Waals surface area contributed by atoms with Crippen molar-refractivity contribution in [2.75, 3.05) is 12.4 Å². The molecular formula is C13H22ClN3. The highest BCUT2D eigenvalue weighted by Crippen LogP contribution is 2.45. The van der Waals surface area contributed by atoms with Crippen LogP contribution >= 0.6 is 11.6 Å². The van der Waals surface area contributed by atoms with Gasteiger partial charge in [-0.05, 0) is 37.7 Å². The Morgan fingerprint density at radius 3 is 2.76 bits per heavy atom. The monoisotopic (exact) mass is 255 g/mol. The van der Waals surface area contributed by atoms with Gasteiger partial charge in [-0.3, -0.25) is 4.68 Å². The van der Waals surface area contributed by atoms with E-state index in [4.69, 9.17) is 11.6 Å². The van der Waals surface area contributed by atoms with Gasteiger partial charge >= 0.3 is 0 Å². The third kappa shape index (κ3) is 3.02. The lowest BCUT2D eigenvalue weighted by Gasteiger charge is -2.12. The predicted octanol–water partition coefficient (Wildman–Crippen LogP) is 2.57. The van der Waals surface area contributed by atoms with E-state index >= 15 is 0 Å². The molecule has 1 saturated carbocycles. The molecule has 0 aromatic carbocycles. The van der Waals surface area contributed by atoms with E-state index in [1.54, 1.807) is 0 Å². The summed E-state index contributed by atoms with van der Waals surface area (Å²) < 4.78 is 2.09. The summed E-state index contributed by atoms with van der Waals surface area (Å²) in [4.78, 5) is 0. The molecule has 1 aromatic heterocycles. The molecule has 0 amide bonds. The molecule has 17 heavy (non-hydrogen) atoms. The minimum Gasteiger partial charge on any atom is -0.311 e. The van der Waals surface area contributed by atoms with Crippen LogP contribution in [0.4, 0.5) is 0 Å². The van der Waals surface area contributed by atoms with Gasteiger partial charge in [-0.2, -0.15) is 5.10 Å². The van der Waals surface area contributed by atoms with E-state index < -0.39 is 0 Å². The third-order valence-electron chi connectivity index (χ3n) is 3.62. The summed E-state index contributed by atoms with van der Waals surface area (Å²) in [5, 5.41) is 8.07. The molecule has 2 rings (SSSR count). The average Bonchev–Trinajstić information content (AvgIpc) is 3.02. The maximum absolute atomic E-state index is 5.97. The Morgan fingerprint density at radius 1 is 1.47 bits per heavy atom. The topological polar surface area (TPSA) is 29.9 Å². The first-order valence-electron chi connectivity index (χ1n) is 6.55. The van der Waals surface area contributed by atoms with Crippen LogP contribution in [0.1, 0.15) is 38.1 Å². The lowest BCUT2D eigenvalue weighted by molar-refractivity contribution is 0.489. The molecule has 4 heteroatoms. The second kappa shape index (κ2) is 5.40. The number of hydrogen-bond acceptors (Lipinski definition) is 2. The predicted molar refractivity (Wildman–Crippen MR) is 71.4 cm³/mol. The Balaban J connectivity index is 1.87. The number of nitrogens with one attached hydrogen (secondary N) is 1. The molecule has 0 atom stereocenters. The van der Waals surface area contributed by atoms with Crippen LogP contribution in [0.15, 0.2) is 6.07 Å². The molecule has 0 radical (unpaired) electrons. The number of nitrogens with zero attached hydrogens (tertiary/aromatic N) is 2. The fraction of sp³-hybridized carbons (Fsp3) is 0.769. The number of rotatable bonds is 7. The molecule has 0 aliphatic heterocycles. The van der Waals surface area contributed by atoms with Crippen LogP contribution in [0, 0.1) is 5.41 Å². The van der Waals surface area contributed by atoms with Crippen molar-refractivity contribution in [3.05, 3.63) is 17.5 Å². The highest BCUT2D eigenvalue weighted by atomic mass is 35.5. The first-order valence-corrected chi connectivity index (χ1v) is 7.09. The van der Waals surface area contributed by atoms with Gasteiger partial charge in [-0.1, -0.05) is 6.92 Å². The lowest BCUT2D eigenvalue weighted by atomic mass is 10.1. The molecule has 0 bridgehead atoms. The van der Waals surface area contributed by atoms with Gasteiger partial charge in [-0.15, -0.1) is 11.6 Å². The van der Waals surface area contributed by atoms with Crippen molar-refractivity contribution in [3.63, 3.8) is 0 Å². The molecule has 3 nitrogen and oxygen atoms in total. The molecule has 96 valence electrons. The molecule has 1 fully saturated rings. The Bertz CT molecular complexity index is 369. The van der Waals surface area contributed by atoms with Gasteiger partial charge in [0.15, 0.2) is 0 Å². The summed E-state index contributed by atoms with van der Waals surface area (Å²) in [5.74, 6) is 0.785. The Morgan fingerprint density at radius 2 is 2.24 bits per heavy atom. The smallest absolute Gasteiger partial charge is 0.0625 e. The van der Waals surface area contributed by atoms with Crippen LogP contribution in [0.2, 0.25) is 0 Å². The number of alkyl halides is 1. The van der Waals surface area contributed by atoms with Crippen molar-refractivity contribution in [3.8, 4) is 0 Å². The van der Waals surface area contributed by atoms with Gasteiger partial charge in [0.05, 0.1) is 11.4 Å². The van der Waals surface area contributed by atoms with Gasteiger partial charge in [0.1, 0.15) is 0 Å². The quantitative estimate of drug-likeness (QED) is 0.759. The zero-order chi connectivity index (χ0) is 12.3. The molecule has 1 aliphatic rings. The summed E-state index contributed by atoms with van der Waals surface area (Å²) in [7, 11) is 0. The molecule has 0 unspecified atom stereocenters.